The van der Waals surface area contributed by atoms with E-state index < -0.39 is 26.8 Å². The van der Waals surface area contributed by atoms with Gasteiger partial charge < -0.3 is 4.18 Å². The fraction of sp³-hybridized carbons (Fsp3) is 0.0455. The predicted octanol–water partition coefficient (Wildman–Crippen LogP) is 5.33. The molecular weight excluding hydrogens is 429 g/mol. The Morgan fingerprint density at radius 1 is 0.806 bits per heavy atom. The van der Waals surface area contributed by atoms with Crippen molar-refractivity contribution in [2.24, 2.45) is 0 Å². The number of nitrogens with zero attached hydrogens (tertiary/aromatic N) is 2. The van der Waals surface area contributed by atoms with Crippen LogP contribution in [-0.2, 0) is 16.3 Å². The van der Waals surface area contributed by atoms with E-state index >= 15 is 0 Å². The molecule has 1 heterocycles. The number of halogens is 3. The van der Waals surface area contributed by atoms with Gasteiger partial charge in [0.2, 0.25) is 5.88 Å². The molecule has 4 rings (SSSR count). The Morgan fingerprint density at radius 2 is 1.45 bits per heavy atom. The summed E-state index contributed by atoms with van der Waals surface area (Å²) in [5.41, 5.74) is 0.606. The largest absolute Gasteiger partial charge is 0.416 e. The van der Waals surface area contributed by atoms with Gasteiger partial charge in [-0.05, 0) is 30.3 Å². The van der Waals surface area contributed by atoms with Crippen LogP contribution >= 0.6 is 0 Å². The molecular formula is C22H15F3N2O3S. The molecule has 0 saturated carbocycles. The van der Waals surface area contributed by atoms with E-state index in [0.29, 0.717) is 17.4 Å². The molecule has 31 heavy (non-hydrogen) atoms. The summed E-state index contributed by atoms with van der Waals surface area (Å²) in [7, 11) is -4.56. The van der Waals surface area contributed by atoms with Crippen molar-refractivity contribution in [3.05, 3.63) is 96.6 Å². The van der Waals surface area contributed by atoms with Gasteiger partial charge in [-0.25, -0.2) is 0 Å². The normalized spacial score (nSPS) is 12.0. The average Bonchev–Trinajstić information content (AvgIpc) is 3.17. The zero-order valence-corrected chi connectivity index (χ0v) is 16.6. The van der Waals surface area contributed by atoms with E-state index in [0.717, 1.165) is 23.8 Å². The van der Waals surface area contributed by atoms with Crippen molar-refractivity contribution in [2.45, 2.75) is 11.1 Å². The Kier molecular flexibility index (Phi) is 5.28. The number of alkyl halides is 3. The van der Waals surface area contributed by atoms with Gasteiger partial charge in [-0.3, -0.25) is 0 Å². The molecule has 0 saturated heterocycles. The summed E-state index contributed by atoms with van der Waals surface area (Å²) in [5, 5.41) is 4.43. The van der Waals surface area contributed by atoms with E-state index in [1.807, 2.05) is 6.07 Å². The fourth-order valence-electron chi connectivity index (χ4n) is 2.92. The maximum atomic E-state index is 13.0. The van der Waals surface area contributed by atoms with Gasteiger partial charge in [0.15, 0.2) is 0 Å². The first-order chi connectivity index (χ1) is 14.7. The summed E-state index contributed by atoms with van der Waals surface area (Å²) < 4.78 is 71.1. The van der Waals surface area contributed by atoms with Crippen molar-refractivity contribution in [2.75, 3.05) is 0 Å². The number of aromatic nitrogens is 2. The highest BCUT2D eigenvalue weighted by Crippen LogP contribution is 2.32. The van der Waals surface area contributed by atoms with E-state index in [1.165, 1.54) is 10.7 Å². The molecule has 0 bridgehead atoms. The molecule has 0 aliphatic carbocycles. The Balaban J connectivity index is 1.78. The van der Waals surface area contributed by atoms with Crippen molar-refractivity contribution in [1.29, 1.82) is 0 Å². The molecule has 0 aliphatic rings. The molecule has 0 amide bonds. The van der Waals surface area contributed by atoms with Crippen LogP contribution in [0.15, 0.2) is 95.9 Å². The molecule has 9 heteroatoms. The number of hydrogen-bond acceptors (Lipinski definition) is 4. The Labute approximate surface area is 176 Å². The first kappa shape index (κ1) is 20.7. The number of para-hydroxylation sites is 1. The quantitative estimate of drug-likeness (QED) is 0.391. The monoisotopic (exact) mass is 444 g/mol. The highest BCUT2D eigenvalue weighted by atomic mass is 32.2. The van der Waals surface area contributed by atoms with Gasteiger partial charge in [-0.1, -0.05) is 54.6 Å². The minimum absolute atomic E-state index is 0.150. The lowest BCUT2D eigenvalue weighted by Gasteiger charge is -2.11. The number of benzene rings is 3. The first-order valence-electron chi connectivity index (χ1n) is 9.07. The predicted molar refractivity (Wildman–Crippen MR) is 108 cm³/mol. The van der Waals surface area contributed by atoms with Gasteiger partial charge >= 0.3 is 16.3 Å². The van der Waals surface area contributed by atoms with E-state index in [4.69, 9.17) is 4.18 Å². The molecule has 5 nitrogen and oxygen atoms in total. The second kappa shape index (κ2) is 7.92. The zero-order chi connectivity index (χ0) is 22.1. The number of rotatable bonds is 5. The molecule has 0 aliphatic heterocycles. The van der Waals surface area contributed by atoms with E-state index in [-0.39, 0.29) is 5.88 Å². The smallest absolute Gasteiger partial charge is 0.358 e. The van der Waals surface area contributed by atoms with Crippen LogP contribution in [0.1, 0.15) is 5.56 Å². The van der Waals surface area contributed by atoms with Gasteiger partial charge in [0.25, 0.3) is 0 Å². The highest BCUT2D eigenvalue weighted by molar-refractivity contribution is 7.87. The van der Waals surface area contributed by atoms with Crippen molar-refractivity contribution < 1.29 is 25.8 Å². The third kappa shape index (κ3) is 4.46. The Hall–Kier alpha value is -3.59. The molecule has 1 aromatic heterocycles. The van der Waals surface area contributed by atoms with Crippen LogP contribution in [-0.4, -0.2) is 18.2 Å². The topological polar surface area (TPSA) is 61.2 Å². The first-order valence-corrected chi connectivity index (χ1v) is 10.5. The summed E-state index contributed by atoms with van der Waals surface area (Å²) in [6.45, 7) is 0. The third-order valence-electron chi connectivity index (χ3n) is 4.39. The molecule has 0 fully saturated rings. The van der Waals surface area contributed by atoms with Crippen molar-refractivity contribution in [3.63, 3.8) is 0 Å². The lowest BCUT2D eigenvalue weighted by molar-refractivity contribution is -0.137. The van der Waals surface area contributed by atoms with Crippen molar-refractivity contribution in [3.8, 4) is 22.8 Å². The van der Waals surface area contributed by atoms with Crippen molar-refractivity contribution in [1.82, 2.24) is 9.78 Å². The van der Waals surface area contributed by atoms with Gasteiger partial charge in [-0.2, -0.15) is 31.4 Å². The molecule has 3 aromatic carbocycles. The molecule has 0 N–H and O–H groups in total. The van der Waals surface area contributed by atoms with E-state index in [9.17, 15) is 21.6 Å². The van der Waals surface area contributed by atoms with E-state index in [2.05, 4.69) is 5.10 Å². The second-order valence-corrected chi connectivity index (χ2v) is 8.09. The molecule has 0 spiro atoms. The summed E-state index contributed by atoms with van der Waals surface area (Å²) in [4.78, 5) is -0.607. The minimum Gasteiger partial charge on any atom is -0.358 e. The molecule has 0 radical (unpaired) electrons. The summed E-state index contributed by atoms with van der Waals surface area (Å²) in [6.07, 6.45) is -4.68. The molecule has 0 unspecified atom stereocenters. The summed E-state index contributed by atoms with van der Waals surface area (Å²) in [6, 6.07) is 22.5. The SMILES string of the molecule is O=S(=O)(Oc1cc(-c2ccccc2)nn1-c1ccccc1)c1cccc(C(F)(F)F)c1. The highest BCUT2D eigenvalue weighted by Gasteiger charge is 2.32. The summed E-state index contributed by atoms with van der Waals surface area (Å²) >= 11 is 0. The van der Waals surface area contributed by atoms with Crippen LogP contribution in [0, 0.1) is 0 Å². The Bertz CT molecular complexity index is 1300. The Morgan fingerprint density at radius 3 is 2.10 bits per heavy atom. The fourth-order valence-corrected chi connectivity index (χ4v) is 3.87. The van der Waals surface area contributed by atoms with Crippen LogP contribution in [0.5, 0.6) is 5.88 Å². The van der Waals surface area contributed by atoms with Crippen LogP contribution in [0.4, 0.5) is 13.2 Å². The van der Waals surface area contributed by atoms with E-state index in [1.54, 1.807) is 54.6 Å². The van der Waals surface area contributed by atoms with Crippen LogP contribution in [0.2, 0.25) is 0 Å². The van der Waals surface area contributed by atoms with Crippen LogP contribution in [0.3, 0.4) is 0 Å². The van der Waals surface area contributed by atoms with Gasteiger partial charge in [0.1, 0.15) is 4.90 Å². The van der Waals surface area contributed by atoms with Gasteiger partial charge in [0.05, 0.1) is 16.9 Å². The lowest BCUT2D eigenvalue weighted by Crippen LogP contribution is -2.14. The van der Waals surface area contributed by atoms with Crippen LogP contribution < -0.4 is 4.18 Å². The maximum Gasteiger partial charge on any atom is 0.416 e. The van der Waals surface area contributed by atoms with Gasteiger partial charge in [-0.15, -0.1) is 0 Å². The molecule has 4 aromatic rings. The van der Waals surface area contributed by atoms with Crippen LogP contribution in [0.25, 0.3) is 16.9 Å². The standard InChI is InChI=1S/C22H15F3N2O3S/c23-22(24,25)17-10-7-13-19(14-17)31(28,29)30-21-15-20(16-8-3-1-4-9-16)26-27(21)18-11-5-2-6-12-18/h1-15H. The second-order valence-electron chi connectivity index (χ2n) is 6.54. The average molecular weight is 444 g/mol. The van der Waals surface area contributed by atoms with Gasteiger partial charge in [0, 0.05) is 11.6 Å². The minimum atomic E-state index is -4.68. The summed E-state index contributed by atoms with van der Waals surface area (Å²) in [5.74, 6) is -0.150. The molecule has 0 atom stereocenters. The maximum absolute atomic E-state index is 13.0. The molecule has 158 valence electrons. The third-order valence-corrected chi connectivity index (χ3v) is 5.61. The zero-order valence-electron chi connectivity index (χ0n) is 15.8. The lowest BCUT2D eigenvalue weighted by atomic mass is 10.2. The number of hydrogen-bond donors (Lipinski definition) is 0. The van der Waals surface area contributed by atoms with Crippen molar-refractivity contribution >= 4 is 10.1 Å².